The van der Waals surface area contributed by atoms with Crippen molar-refractivity contribution < 1.29 is 4.74 Å². The minimum absolute atomic E-state index is 0.733. The Kier molecular flexibility index (Phi) is 10.6. The summed E-state index contributed by atoms with van der Waals surface area (Å²) in [6.07, 6.45) is 2.50. The van der Waals surface area contributed by atoms with Crippen molar-refractivity contribution >= 4 is 12.6 Å². The van der Waals surface area contributed by atoms with E-state index in [4.69, 9.17) is 4.74 Å². The number of ether oxygens (including phenoxy) is 1. The summed E-state index contributed by atoms with van der Waals surface area (Å²) < 4.78 is 5.15. The van der Waals surface area contributed by atoms with Crippen LogP contribution in [0, 0.1) is 11.8 Å². The summed E-state index contributed by atoms with van der Waals surface area (Å²) in [4.78, 5) is 2.52. The van der Waals surface area contributed by atoms with Crippen molar-refractivity contribution in [3.05, 3.63) is 0 Å². The second kappa shape index (κ2) is 10.4. The Bertz CT molecular complexity index is 153. The fraction of sp³-hybridized carbons (Fsp3) is 1.00. The quantitative estimate of drug-likeness (QED) is 0.596. The first-order valence-electron chi connectivity index (χ1n) is 6.42. The van der Waals surface area contributed by atoms with Gasteiger partial charge in [-0.25, -0.2) is 0 Å². The van der Waals surface area contributed by atoms with E-state index in [2.05, 4.69) is 38.3 Å². The number of nitrogens with zero attached hydrogens (tertiary/aromatic N) is 1. The predicted molar refractivity (Wildman–Crippen MR) is 75.4 cm³/mol. The second-order valence-corrected chi connectivity index (χ2v) is 5.54. The molecule has 1 atom stereocenters. The lowest BCUT2D eigenvalue weighted by Crippen LogP contribution is -2.32. The van der Waals surface area contributed by atoms with Crippen LogP contribution in [0.2, 0.25) is 0 Å². The highest BCUT2D eigenvalue weighted by molar-refractivity contribution is 7.80. The first-order valence-corrected chi connectivity index (χ1v) is 7.05. The Hall–Kier alpha value is 0.270. The van der Waals surface area contributed by atoms with Gasteiger partial charge in [0.05, 0.1) is 6.61 Å². The van der Waals surface area contributed by atoms with Crippen molar-refractivity contribution in [1.82, 2.24) is 4.90 Å². The second-order valence-electron chi connectivity index (χ2n) is 5.09. The molecule has 0 bridgehead atoms. The van der Waals surface area contributed by atoms with Crippen LogP contribution < -0.4 is 0 Å². The molecule has 16 heavy (non-hydrogen) atoms. The predicted octanol–water partition coefficient (Wildman–Crippen LogP) is 2.94. The van der Waals surface area contributed by atoms with Crippen LogP contribution in [0.1, 0.15) is 33.6 Å². The smallest absolute Gasteiger partial charge is 0.0589 e. The molecule has 3 heteroatoms. The van der Waals surface area contributed by atoms with E-state index in [9.17, 15) is 0 Å². The van der Waals surface area contributed by atoms with E-state index in [0.29, 0.717) is 0 Å². The van der Waals surface area contributed by atoms with Crippen LogP contribution in [0.3, 0.4) is 0 Å². The van der Waals surface area contributed by atoms with Gasteiger partial charge in [0.2, 0.25) is 0 Å². The Labute approximate surface area is 107 Å². The average Bonchev–Trinajstić information content (AvgIpc) is 2.22. The number of thiol groups is 1. The Balaban J connectivity index is 3.80. The summed E-state index contributed by atoms with van der Waals surface area (Å²) in [5.41, 5.74) is 0. The normalized spacial score (nSPS) is 13.7. The molecule has 0 aromatic rings. The van der Waals surface area contributed by atoms with E-state index in [1.165, 1.54) is 25.9 Å². The highest BCUT2D eigenvalue weighted by Crippen LogP contribution is 2.10. The molecule has 0 radical (unpaired) electrons. The molecule has 0 rings (SSSR count). The molecular formula is C13H29NOS. The maximum Gasteiger partial charge on any atom is 0.0589 e. The molecule has 0 aromatic heterocycles. The van der Waals surface area contributed by atoms with Gasteiger partial charge in [0.1, 0.15) is 0 Å². The van der Waals surface area contributed by atoms with Gasteiger partial charge in [-0.05, 0) is 37.0 Å². The van der Waals surface area contributed by atoms with Gasteiger partial charge in [0, 0.05) is 20.2 Å². The van der Waals surface area contributed by atoms with Crippen LogP contribution in [0.5, 0.6) is 0 Å². The van der Waals surface area contributed by atoms with Gasteiger partial charge in [-0.15, -0.1) is 0 Å². The van der Waals surface area contributed by atoms with E-state index >= 15 is 0 Å². The van der Waals surface area contributed by atoms with E-state index in [-0.39, 0.29) is 0 Å². The SMILES string of the molecule is COCCN(CCC(C)CCS)CC(C)C. The number of rotatable bonds is 10. The minimum atomic E-state index is 0.733. The van der Waals surface area contributed by atoms with Gasteiger partial charge in [-0.2, -0.15) is 12.6 Å². The lowest BCUT2D eigenvalue weighted by atomic mass is 10.0. The summed E-state index contributed by atoms with van der Waals surface area (Å²) in [5.74, 6) is 2.52. The third kappa shape index (κ3) is 9.49. The highest BCUT2D eigenvalue weighted by atomic mass is 32.1. The van der Waals surface area contributed by atoms with Crippen LogP contribution in [0.15, 0.2) is 0 Å². The van der Waals surface area contributed by atoms with Gasteiger partial charge in [0.25, 0.3) is 0 Å². The van der Waals surface area contributed by atoms with Crippen molar-refractivity contribution in [3.8, 4) is 0 Å². The van der Waals surface area contributed by atoms with E-state index in [1.807, 2.05) is 0 Å². The molecule has 0 amide bonds. The third-order valence-electron chi connectivity index (χ3n) is 2.80. The maximum absolute atomic E-state index is 5.15. The number of hydrogen-bond donors (Lipinski definition) is 1. The average molecular weight is 247 g/mol. The van der Waals surface area contributed by atoms with Crippen molar-refractivity contribution in [1.29, 1.82) is 0 Å². The molecular weight excluding hydrogens is 218 g/mol. The van der Waals surface area contributed by atoms with Crippen LogP contribution in [0.25, 0.3) is 0 Å². The van der Waals surface area contributed by atoms with Crippen LogP contribution in [0.4, 0.5) is 0 Å². The molecule has 0 N–H and O–H groups in total. The lowest BCUT2D eigenvalue weighted by molar-refractivity contribution is 0.136. The summed E-state index contributed by atoms with van der Waals surface area (Å²) >= 11 is 4.28. The van der Waals surface area contributed by atoms with Crippen LogP contribution in [-0.4, -0.2) is 44.0 Å². The third-order valence-corrected chi connectivity index (χ3v) is 3.05. The molecule has 1 unspecified atom stereocenters. The van der Waals surface area contributed by atoms with Gasteiger partial charge in [0.15, 0.2) is 0 Å². The molecule has 2 nitrogen and oxygen atoms in total. The summed E-state index contributed by atoms with van der Waals surface area (Å²) in [6, 6.07) is 0. The molecule has 0 aromatic carbocycles. The molecule has 0 aliphatic rings. The fourth-order valence-electron chi connectivity index (χ4n) is 1.80. The summed E-state index contributed by atoms with van der Waals surface area (Å²) in [6.45, 7) is 11.1. The van der Waals surface area contributed by atoms with Crippen molar-refractivity contribution in [3.63, 3.8) is 0 Å². The maximum atomic E-state index is 5.15. The zero-order chi connectivity index (χ0) is 12.4. The van der Waals surface area contributed by atoms with Crippen molar-refractivity contribution in [2.45, 2.75) is 33.6 Å². The van der Waals surface area contributed by atoms with E-state index in [1.54, 1.807) is 7.11 Å². The van der Waals surface area contributed by atoms with Gasteiger partial charge in [-0.1, -0.05) is 20.8 Å². The zero-order valence-electron chi connectivity index (χ0n) is 11.4. The van der Waals surface area contributed by atoms with Gasteiger partial charge in [-0.3, -0.25) is 0 Å². The molecule has 0 saturated carbocycles. The Morgan fingerprint density at radius 1 is 1.12 bits per heavy atom. The van der Waals surface area contributed by atoms with Crippen LogP contribution >= 0.6 is 12.6 Å². The Morgan fingerprint density at radius 2 is 1.81 bits per heavy atom. The van der Waals surface area contributed by atoms with E-state index in [0.717, 1.165) is 30.7 Å². The number of hydrogen-bond acceptors (Lipinski definition) is 3. The molecule has 0 aliphatic heterocycles. The van der Waals surface area contributed by atoms with Crippen molar-refractivity contribution in [2.24, 2.45) is 11.8 Å². The summed E-state index contributed by atoms with van der Waals surface area (Å²) in [5, 5.41) is 0. The molecule has 0 heterocycles. The van der Waals surface area contributed by atoms with Gasteiger partial charge >= 0.3 is 0 Å². The topological polar surface area (TPSA) is 12.5 Å². The minimum Gasteiger partial charge on any atom is -0.383 e. The zero-order valence-corrected chi connectivity index (χ0v) is 12.3. The molecule has 0 spiro atoms. The summed E-state index contributed by atoms with van der Waals surface area (Å²) in [7, 11) is 1.77. The lowest BCUT2D eigenvalue weighted by Gasteiger charge is -2.25. The Morgan fingerprint density at radius 3 is 2.31 bits per heavy atom. The van der Waals surface area contributed by atoms with Crippen LogP contribution in [-0.2, 0) is 4.74 Å². The molecule has 98 valence electrons. The van der Waals surface area contributed by atoms with Crippen molar-refractivity contribution in [2.75, 3.05) is 39.1 Å². The molecule has 0 fully saturated rings. The van der Waals surface area contributed by atoms with Gasteiger partial charge < -0.3 is 9.64 Å². The fourth-order valence-corrected chi connectivity index (χ4v) is 2.24. The standard InChI is InChI=1S/C13H29NOS/c1-12(2)11-14(8-9-15-4)7-5-13(3)6-10-16/h12-13,16H,5-11H2,1-4H3. The first kappa shape index (κ1) is 16.3. The highest BCUT2D eigenvalue weighted by Gasteiger charge is 2.09. The number of methoxy groups -OCH3 is 1. The molecule has 0 saturated heterocycles. The largest absolute Gasteiger partial charge is 0.383 e. The molecule has 0 aliphatic carbocycles. The monoisotopic (exact) mass is 247 g/mol. The van der Waals surface area contributed by atoms with E-state index < -0.39 is 0 Å². The first-order chi connectivity index (χ1) is 7.60.